The highest BCUT2D eigenvalue weighted by molar-refractivity contribution is 5.79. The minimum Gasteiger partial charge on any atom is -0.497 e. The van der Waals surface area contributed by atoms with E-state index in [2.05, 4.69) is 53.7 Å². The lowest BCUT2D eigenvalue weighted by molar-refractivity contribution is 0.0242. The van der Waals surface area contributed by atoms with E-state index in [0.29, 0.717) is 0 Å². The Morgan fingerprint density at radius 3 is 2.56 bits per heavy atom. The quantitative estimate of drug-likeness (QED) is 0.583. The summed E-state index contributed by atoms with van der Waals surface area (Å²) in [6, 6.07) is 8.44. The Hall–Kier alpha value is -1.79. The van der Waals surface area contributed by atoms with Crippen LogP contribution < -0.4 is 15.4 Å². The zero-order valence-electron chi connectivity index (χ0n) is 16.1. The van der Waals surface area contributed by atoms with Gasteiger partial charge in [0, 0.05) is 26.7 Å². The van der Waals surface area contributed by atoms with E-state index in [1.165, 1.54) is 5.56 Å². The molecule has 0 amide bonds. The Kier molecular flexibility index (Phi) is 7.08. The summed E-state index contributed by atoms with van der Waals surface area (Å²) in [7, 11) is 7.65. The van der Waals surface area contributed by atoms with Crippen LogP contribution in [-0.2, 0) is 4.74 Å². The Bertz CT molecular complexity index is 551. The molecule has 1 saturated heterocycles. The summed E-state index contributed by atoms with van der Waals surface area (Å²) in [6.07, 6.45) is 2.22. The molecule has 0 aliphatic carbocycles. The van der Waals surface area contributed by atoms with E-state index in [0.717, 1.165) is 44.2 Å². The fourth-order valence-electron chi connectivity index (χ4n) is 3.09. The number of ether oxygens (including phenoxy) is 2. The van der Waals surface area contributed by atoms with Crippen LogP contribution in [0.2, 0.25) is 0 Å². The number of benzene rings is 1. The molecule has 1 aliphatic heterocycles. The molecule has 1 aromatic rings. The van der Waals surface area contributed by atoms with Crippen molar-refractivity contribution in [1.29, 1.82) is 0 Å². The van der Waals surface area contributed by atoms with Crippen molar-refractivity contribution in [2.24, 2.45) is 4.99 Å². The Labute approximate surface area is 151 Å². The molecule has 140 valence electrons. The van der Waals surface area contributed by atoms with E-state index in [1.807, 2.05) is 12.1 Å². The number of methoxy groups -OCH3 is 1. The van der Waals surface area contributed by atoms with Crippen LogP contribution in [0.3, 0.4) is 0 Å². The van der Waals surface area contributed by atoms with Gasteiger partial charge < -0.3 is 25.0 Å². The van der Waals surface area contributed by atoms with Crippen molar-refractivity contribution in [3.63, 3.8) is 0 Å². The van der Waals surface area contributed by atoms with Crippen LogP contribution in [0.15, 0.2) is 29.3 Å². The van der Waals surface area contributed by atoms with Crippen LogP contribution in [0.4, 0.5) is 0 Å². The number of hydrogen-bond acceptors (Lipinski definition) is 4. The fraction of sp³-hybridized carbons (Fsp3) is 0.632. The van der Waals surface area contributed by atoms with Gasteiger partial charge in [-0.25, -0.2) is 0 Å². The predicted octanol–water partition coefficient (Wildman–Crippen LogP) is 2.03. The topological polar surface area (TPSA) is 58.1 Å². The molecule has 0 spiro atoms. The SMILES string of the molecule is CN=C(NCC(c1ccc(OC)cc1)N(C)C)NCC1(C)CCCO1. The largest absolute Gasteiger partial charge is 0.497 e. The second-order valence-corrected chi connectivity index (χ2v) is 6.96. The molecule has 6 heteroatoms. The van der Waals surface area contributed by atoms with Crippen molar-refractivity contribution in [2.75, 3.05) is 47.9 Å². The molecule has 25 heavy (non-hydrogen) atoms. The first-order valence-electron chi connectivity index (χ1n) is 8.86. The van der Waals surface area contributed by atoms with E-state index < -0.39 is 0 Å². The number of aliphatic imine (C=N–C) groups is 1. The standard InChI is InChI=1S/C19H32N4O2/c1-19(11-6-12-25-19)14-22-18(20-2)21-13-17(23(3)4)15-7-9-16(24-5)10-8-15/h7-10,17H,6,11-14H2,1-5H3,(H2,20,21,22). The molecule has 0 radical (unpaired) electrons. The smallest absolute Gasteiger partial charge is 0.191 e. The molecule has 1 aliphatic rings. The van der Waals surface area contributed by atoms with Gasteiger partial charge in [0.1, 0.15) is 5.75 Å². The monoisotopic (exact) mass is 348 g/mol. The van der Waals surface area contributed by atoms with Crippen molar-refractivity contribution >= 4 is 5.96 Å². The van der Waals surface area contributed by atoms with Gasteiger partial charge >= 0.3 is 0 Å². The van der Waals surface area contributed by atoms with Gasteiger partial charge in [0.25, 0.3) is 0 Å². The number of rotatable bonds is 7. The summed E-state index contributed by atoms with van der Waals surface area (Å²) in [5, 5.41) is 6.82. The van der Waals surface area contributed by atoms with Crippen molar-refractivity contribution in [2.45, 2.75) is 31.4 Å². The third-order valence-electron chi connectivity index (χ3n) is 4.74. The van der Waals surface area contributed by atoms with Gasteiger partial charge in [-0.3, -0.25) is 4.99 Å². The fourth-order valence-corrected chi connectivity index (χ4v) is 3.09. The highest BCUT2D eigenvalue weighted by atomic mass is 16.5. The van der Waals surface area contributed by atoms with Crippen LogP contribution in [0.1, 0.15) is 31.4 Å². The van der Waals surface area contributed by atoms with Gasteiger partial charge in [-0.1, -0.05) is 12.1 Å². The van der Waals surface area contributed by atoms with E-state index >= 15 is 0 Å². The molecular weight excluding hydrogens is 316 g/mol. The molecule has 0 saturated carbocycles. The molecule has 2 unspecified atom stereocenters. The van der Waals surface area contributed by atoms with Crippen LogP contribution in [0.5, 0.6) is 5.75 Å². The maximum Gasteiger partial charge on any atom is 0.191 e. The minimum absolute atomic E-state index is 0.0887. The molecule has 2 N–H and O–H groups in total. The first kappa shape index (κ1) is 19.5. The van der Waals surface area contributed by atoms with Crippen LogP contribution in [0.25, 0.3) is 0 Å². The molecule has 1 heterocycles. The lowest BCUT2D eigenvalue weighted by atomic mass is 10.0. The second-order valence-electron chi connectivity index (χ2n) is 6.96. The van der Waals surface area contributed by atoms with Gasteiger partial charge in [-0.05, 0) is 51.6 Å². The number of guanidine groups is 1. The average Bonchev–Trinajstić information content (AvgIpc) is 3.05. The molecule has 1 fully saturated rings. The van der Waals surface area contributed by atoms with E-state index in [4.69, 9.17) is 9.47 Å². The number of nitrogens with one attached hydrogen (secondary N) is 2. The van der Waals surface area contributed by atoms with Crippen molar-refractivity contribution in [3.05, 3.63) is 29.8 Å². The highest BCUT2D eigenvalue weighted by Crippen LogP contribution is 2.24. The summed E-state index contributed by atoms with van der Waals surface area (Å²) < 4.78 is 11.1. The third-order valence-corrected chi connectivity index (χ3v) is 4.74. The molecule has 2 atom stereocenters. The molecule has 0 aromatic heterocycles. The summed E-state index contributed by atoms with van der Waals surface area (Å²) in [5.74, 6) is 1.67. The summed E-state index contributed by atoms with van der Waals surface area (Å²) in [6.45, 7) is 4.53. The summed E-state index contributed by atoms with van der Waals surface area (Å²) >= 11 is 0. The zero-order valence-corrected chi connectivity index (χ0v) is 16.1. The van der Waals surface area contributed by atoms with Crippen molar-refractivity contribution in [1.82, 2.24) is 15.5 Å². The van der Waals surface area contributed by atoms with E-state index in [1.54, 1.807) is 14.2 Å². The van der Waals surface area contributed by atoms with Gasteiger partial charge in [0.15, 0.2) is 5.96 Å². The molecule has 2 rings (SSSR count). The number of hydrogen-bond donors (Lipinski definition) is 2. The van der Waals surface area contributed by atoms with Crippen LogP contribution in [-0.4, -0.2) is 64.4 Å². The lowest BCUT2D eigenvalue weighted by Gasteiger charge is -2.28. The normalized spacial score (nSPS) is 22.1. The zero-order chi connectivity index (χ0) is 18.3. The van der Waals surface area contributed by atoms with E-state index in [9.17, 15) is 0 Å². The summed E-state index contributed by atoms with van der Waals surface area (Å²) in [5.41, 5.74) is 1.15. The second kappa shape index (κ2) is 9.06. The van der Waals surface area contributed by atoms with Crippen LogP contribution in [0, 0.1) is 0 Å². The van der Waals surface area contributed by atoms with Crippen LogP contribution >= 0.6 is 0 Å². The molecule has 0 bridgehead atoms. The predicted molar refractivity (Wildman–Crippen MR) is 102 cm³/mol. The van der Waals surface area contributed by atoms with E-state index in [-0.39, 0.29) is 11.6 Å². The minimum atomic E-state index is -0.0887. The Morgan fingerprint density at radius 1 is 1.32 bits per heavy atom. The Balaban J connectivity index is 1.91. The maximum absolute atomic E-state index is 5.82. The first-order valence-corrected chi connectivity index (χ1v) is 8.86. The van der Waals surface area contributed by atoms with Gasteiger partial charge in [-0.2, -0.15) is 0 Å². The summed E-state index contributed by atoms with van der Waals surface area (Å²) in [4.78, 5) is 6.53. The Morgan fingerprint density at radius 2 is 2.04 bits per heavy atom. The van der Waals surface area contributed by atoms with Crippen molar-refractivity contribution in [3.8, 4) is 5.75 Å². The highest BCUT2D eigenvalue weighted by Gasteiger charge is 2.29. The van der Waals surface area contributed by atoms with Gasteiger partial charge in [0.2, 0.25) is 0 Å². The molecule has 1 aromatic carbocycles. The van der Waals surface area contributed by atoms with Gasteiger partial charge in [0.05, 0.1) is 18.8 Å². The third kappa shape index (κ3) is 5.61. The molecular formula is C19H32N4O2. The molecule has 6 nitrogen and oxygen atoms in total. The van der Waals surface area contributed by atoms with Crippen molar-refractivity contribution < 1.29 is 9.47 Å². The van der Waals surface area contributed by atoms with Gasteiger partial charge in [-0.15, -0.1) is 0 Å². The maximum atomic E-state index is 5.82. The number of nitrogens with zero attached hydrogens (tertiary/aromatic N) is 2. The first-order chi connectivity index (χ1) is 12.0. The number of likely N-dealkylation sites (N-methyl/N-ethyl adjacent to an activating group) is 1. The average molecular weight is 348 g/mol. The lowest BCUT2D eigenvalue weighted by Crippen LogP contribution is -2.47.